The minimum absolute atomic E-state index is 0.00556. The predicted octanol–water partition coefficient (Wildman–Crippen LogP) is 4.14. The number of nitrogens with zero attached hydrogens (tertiary/aromatic N) is 5. The van der Waals surface area contributed by atoms with Gasteiger partial charge in [-0.3, -0.25) is 19.4 Å². The topological polar surface area (TPSA) is 100 Å². The predicted molar refractivity (Wildman–Crippen MR) is 147 cm³/mol. The Kier molecular flexibility index (Phi) is 7.01. The van der Waals surface area contributed by atoms with E-state index in [4.69, 9.17) is 11.6 Å². The minimum atomic E-state index is -2.89. The van der Waals surface area contributed by atoms with E-state index >= 15 is 0 Å². The summed E-state index contributed by atoms with van der Waals surface area (Å²) in [5.41, 5.74) is 0.271. The Balaban J connectivity index is 1.09. The van der Waals surface area contributed by atoms with Crippen molar-refractivity contribution in [2.45, 2.75) is 43.6 Å². The highest BCUT2D eigenvalue weighted by molar-refractivity contribution is 6.30. The highest BCUT2D eigenvalue weighted by Gasteiger charge is 2.59. The maximum absolute atomic E-state index is 13.9. The molecular formula is C29H29ClF2N6O3. The summed E-state index contributed by atoms with van der Waals surface area (Å²) < 4.78 is 28.4. The third-order valence-electron chi connectivity index (χ3n) is 8.55. The number of aromatic nitrogens is 3. The Bertz CT molecular complexity index is 1510. The monoisotopic (exact) mass is 582 g/mol. The molecule has 3 aliphatic rings. The van der Waals surface area contributed by atoms with E-state index in [1.54, 1.807) is 28.9 Å². The van der Waals surface area contributed by atoms with E-state index in [0.29, 0.717) is 38.3 Å². The Morgan fingerprint density at radius 3 is 2.56 bits per heavy atom. The molecule has 0 unspecified atom stereocenters. The van der Waals surface area contributed by atoms with Crippen LogP contribution in [0, 0.1) is 5.92 Å². The maximum Gasteiger partial charge on any atom is 0.289 e. The highest BCUT2D eigenvalue weighted by atomic mass is 35.5. The number of benzene rings is 1. The molecule has 1 aliphatic carbocycles. The molecule has 0 atom stereocenters. The van der Waals surface area contributed by atoms with Gasteiger partial charge in [-0.2, -0.15) is 0 Å². The van der Waals surface area contributed by atoms with Crippen molar-refractivity contribution in [2.75, 3.05) is 24.5 Å². The van der Waals surface area contributed by atoms with Gasteiger partial charge in [0.25, 0.3) is 18.2 Å². The van der Waals surface area contributed by atoms with E-state index < -0.39 is 23.4 Å². The summed E-state index contributed by atoms with van der Waals surface area (Å²) in [7, 11) is 1.77. The summed E-state index contributed by atoms with van der Waals surface area (Å²) in [6.07, 6.45) is 4.37. The summed E-state index contributed by atoms with van der Waals surface area (Å²) in [4.78, 5) is 50.9. The molecule has 3 aromatic rings. The quantitative estimate of drug-likeness (QED) is 0.471. The molecule has 4 heterocycles. The third-order valence-corrected chi connectivity index (χ3v) is 8.75. The second kappa shape index (κ2) is 10.5. The fraction of sp³-hybridized carbons (Fsp3) is 0.414. The van der Waals surface area contributed by atoms with Crippen LogP contribution in [0.15, 0.2) is 48.9 Å². The van der Waals surface area contributed by atoms with Crippen molar-refractivity contribution in [1.82, 2.24) is 24.8 Å². The summed E-state index contributed by atoms with van der Waals surface area (Å²) in [6.45, 7) is 1.16. The molecule has 1 spiro atoms. The first-order chi connectivity index (χ1) is 19.7. The summed E-state index contributed by atoms with van der Waals surface area (Å²) >= 11 is 5.90. The Labute approximate surface area is 240 Å². The average molecular weight is 583 g/mol. The first-order valence-electron chi connectivity index (χ1n) is 13.6. The van der Waals surface area contributed by atoms with Crippen molar-refractivity contribution in [2.24, 2.45) is 13.0 Å². The first kappa shape index (κ1) is 27.3. The van der Waals surface area contributed by atoms with Gasteiger partial charge in [0.1, 0.15) is 11.1 Å². The number of amides is 3. The first-order valence-corrected chi connectivity index (χ1v) is 14.0. The molecule has 214 valence electrons. The van der Waals surface area contributed by atoms with Gasteiger partial charge in [-0.1, -0.05) is 29.8 Å². The van der Waals surface area contributed by atoms with Crippen LogP contribution in [0.1, 0.15) is 64.3 Å². The van der Waals surface area contributed by atoms with Gasteiger partial charge in [0.15, 0.2) is 5.82 Å². The van der Waals surface area contributed by atoms with Crippen molar-refractivity contribution in [3.05, 3.63) is 76.6 Å². The largest absolute Gasteiger partial charge is 0.349 e. The number of halogens is 3. The lowest BCUT2D eigenvalue weighted by molar-refractivity contribution is -0.128. The second-order valence-corrected chi connectivity index (χ2v) is 11.6. The second-order valence-electron chi connectivity index (χ2n) is 11.1. The number of carbonyl (C=O) groups excluding carboxylic acids is 3. The molecule has 9 nitrogen and oxygen atoms in total. The van der Waals surface area contributed by atoms with Crippen LogP contribution in [0.4, 0.5) is 14.5 Å². The van der Waals surface area contributed by atoms with Crippen LogP contribution >= 0.6 is 11.6 Å². The number of nitrogens with one attached hydrogen (secondary N) is 1. The van der Waals surface area contributed by atoms with Crippen molar-refractivity contribution in [3.8, 4) is 0 Å². The van der Waals surface area contributed by atoms with Crippen molar-refractivity contribution < 1.29 is 23.2 Å². The Morgan fingerprint density at radius 1 is 1.15 bits per heavy atom. The summed E-state index contributed by atoms with van der Waals surface area (Å²) in [6, 6.07) is 8.81. The number of hydrogen-bond acceptors (Lipinski definition) is 5. The van der Waals surface area contributed by atoms with Crippen LogP contribution in [0.2, 0.25) is 5.02 Å². The van der Waals surface area contributed by atoms with Gasteiger partial charge >= 0.3 is 0 Å². The Morgan fingerprint density at radius 2 is 1.88 bits per heavy atom. The van der Waals surface area contributed by atoms with E-state index in [2.05, 4.69) is 15.3 Å². The molecule has 41 heavy (non-hydrogen) atoms. The van der Waals surface area contributed by atoms with Crippen LogP contribution in [-0.4, -0.2) is 62.8 Å². The lowest BCUT2D eigenvalue weighted by Gasteiger charge is -2.46. The molecule has 12 heteroatoms. The average Bonchev–Trinajstić information content (AvgIpc) is 3.47. The number of aryl methyl sites for hydroxylation is 1. The molecule has 1 saturated carbocycles. The van der Waals surface area contributed by atoms with E-state index in [1.165, 1.54) is 6.07 Å². The minimum Gasteiger partial charge on any atom is -0.349 e. The normalized spacial score (nSPS) is 21.2. The van der Waals surface area contributed by atoms with Gasteiger partial charge in [-0.25, -0.2) is 13.8 Å². The molecular weight excluding hydrogens is 554 g/mol. The lowest BCUT2D eigenvalue weighted by Crippen LogP contribution is -2.65. The number of alkyl halides is 2. The van der Waals surface area contributed by atoms with Gasteiger partial charge in [0, 0.05) is 57.0 Å². The van der Waals surface area contributed by atoms with E-state index in [1.807, 2.05) is 29.2 Å². The highest BCUT2D eigenvalue weighted by Crippen LogP contribution is 2.48. The number of pyridine rings is 1. The molecule has 2 fully saturated rings. The number of para-hydroxylation sites is 1. The van der Waals surface area contributed by atoms with E-state index in [0.717, 1.165) is 30.3 Å². The van der Waals surface area contributed by atoms with Crippen molar-refractivity contribution >= 4 is 35.0 Å². The zero-order valence-corrected chi connectivity index (χ0v) is 23.2. The maximum atomic E-state index is 13.9. The molecule has 3 amide bonds. The fourth-order valence-corrected chi connectivity index (χ4v) is 6.52. The number of hydrogen-bond donors (Lipinski definition) is 1. The van der Waals surface area contributed by atoms with E-state index in [9.17, 15) is 23.2 Å². The number of imidazole rings is 1. The van der Waals surface area contributed by atoms with E-state index in [-0.39, 0.29) is 34.4 Å². The van der Waals surface area contributed by atoms with Crippen LogP contribution in [-0.2, 0) is 17.3 Å². The number of rotatable bonds is 6. The SMILES string of the molecule is Cn1ccnc1C(=O)N1CC2(C1)C(=O)N(CC1CCC(NC(=O)c3cc(Cl)cnc3C(F)F)CC1)c1ccccc12. The fourth-order valence-electron chi connectivity index (χ4n) is 6.36. The number of carbonyl (C=O) groups is 3. The number of likely N-dealkylation sites (tertiary alicyclic amines) is 1. The van der Waals surface area contributed by atoms with Gasteiger partial charge in [-0.05, 0) is 49.3 Å². The summed E-state index contributed by atoms with van der Waals surface area (Å²) in [5, 5.41) is 2.98. The van der Waals surface area contributed by atoms with Gasteiger partial charge < -0.3 is 19.7 Å². The smallest absolute Gasteiger partial charge is 0.289 e. The lowest BCUT2D eigenvalue weighted by atomic mass is 9.74. The standard InChI is InChI=1S/C29H29ClF2N6O3/c1-36-11-10-33-25(36)27(40)37-15-29(16-37)21-4-2-3-5-22(21)38(28(29)41)14-17-6-8-19(9-7-17)35-26(39)20-12-18(30)13-34-23(20)24(31)32/h2-5,10-13,17,19,24H,6-9,14-16H2,1H3,(H,35,39). The summed E-state index contributed by atoms with van der Waals surface area (Å²) in [5.74, 6) is -0.243. The van der Waals surface area contributed by atoms with Gasteiger partial charge in [0.05, 0.1) is 10.6 Å². The Hall–Kier alpha value is -3.86. The number of anilines is 1. The van der Waals surface area contributed by atoms with Crippen molar-refractivity contribution in [1.29, 1.82) is 0 Å². The molecule has 1 saturated heterocycles. The van der Waals surface area contributed by atoms with Crippen LogP contribution in [0.25, 0.3) is 0 Å². The molecule has 0 bridgehead atoms. The zero-order chi connectivity index (χ0) is 28.9. The zero-order valence-electron chi connectivity index (χ0n) is 22.4. The molecule has 0 radical (unpaired) electrons. The van der Waals surface area contributed by atoms with Crippen molar-refractivity contribution in [3.63, 3.8) is 0 Å². The third kappa shape index (κ3) is 4.75. The van der Waals surface area contributed by atoms with Crippen LogP contribution < -0.4 is 10.2 Å². The number of fused-ring (bicyclic) bond motifs is 2. The van der Waals surface area contributed by atoms with Crippen LogP contribution in [0.5, 0.6) is 0 Å². The molecule has 1 aromatic carbocycles. The van der Waals surface area contributed by atoms with Gasteiger partial charge in [0.2, 0.25) is 5.91 Å². The molecule has 1 N–H and O–H groups in total. The van der Waals surface area contributed by atoms with Gasteiger partial charge in [-0.15, -0.1) is 0 Å². The molecule has 6 rings (SSSR count). The molecule has 2 aromatic heterocycles. The van der Waals surface area contributed by atoms with Crippen LogP contribution in [0.3, 0.4) is 0 Å². The molecule has 2 aliphatic heterocycles.